The van der Waals surface area contributed by atoms with Gasteiger partial charge < -0.3 is 9.84 Å². The van der Waals surface area contributed by atoms with Gasteiger partial charge in [-0.3, -0.25) is 10.1 Å². The first-order valence-corrected chi connectivity index (χ1v) is 5.61. The van der Waals surface area contributed by atoms with E-state index in [0.717, 1.165) is 0 Å². The van der Waals surface area contributed by atoms with E-state index in [1.54, 1.807) is 6.07 Å². The van der Waals surface area contributed by atoms with E-state index in [2.05, 4.69) is 0 Å². The quantitative estimate of drug-likeness (QED) is 0.484. The van der Waals surface area contributed by atoms with Crippen LogP contribution in [0.5, 0.6) is 5.75 Å². The van der Waals surface area contributed by atoms with E-state index < -0.39 is 4.92 Å². The van der Waals surface area contributed by atoms with Gasteiger partial charge in [-0.1, -0.05) is 6.07 Å². The third-order valence-electron chi connectivity index (χ3n) is 2.38. The molecule has 1 rings (SSSR count). The Morgan fingerprint density at radius 3 is 2.82 bits per heavy atom. The van der Waals surface area contributed by atoms with Crippen molar-refractivity contribution in [2.75, 3.05) is 13.7 Å². The maximum Gasteiger partial charge on any atom is 0.311 e. The number of hydrogen-bond acceptors (Lipinski definition) is 4. The zero-order valence-electron chi connectivity index (χ0n) is 9.43. The molecule has 0 bridgehead atoms. The highest BCUT2D eigenvalue weighted by atomic mass is 35.5. The summed E-state index contributed by atoms with van der Waals surface area (Å²) in [6.07, 6.45) is 1.13. The van der Waals surface area contributed by atoms with Crippen LogP contribution in [0.1, 0.15) is 23.8 Å². The van der Waals surface area contributed by atoms with Crippen LogP contribution in [-0.4, -0.2) is 23.7 Å². The van der Waals surface area contributed by atoms with E-state index in [1.165, 1.54) is 19.2 Å². The Kier molecular flexibility index (Phi) is 5.18. The molecule has 1 aromatic rings. The van der Waals surface area contributed by atoms with E-state index >= 15 is 0 Å². The fourth-order valence-corrected chi connectivity index (χ4v) is 1.77. The second-order valence-corrected chi connectivity index (χ2v) is 4.05. The monoisotopic (exact) mass is 259 g/mol. The average Bonchev–Trinajstić information content (AvgIpc) is 2.34. The van der Waals surface area contributed by atoms with E-state index in [4.69, 9.17) is 21.4 Å². The molecule has 1 N–H and O–H groups in total. The van der Waals surface area contributed by atoms with E-state index in [9.17, 15) is 10.1 Å². The van der Waals surface area contributed by atoms with Gasteiger partial charge in [0.1, 0.15) is 0 Å². The summed E-state index contributed by atoms with van der Waals surface area (Å²) in [5.41, 5.74) is 0.562. The van der Waals surface area contributed by atoms with Crippen molar-refractivity contribution in [2.45, 2.75) is 18.2 Å². The summed E-state index contributed by atoms with van der Waals surface area (Å²) < 4.78 is 4.90. The van der Waals surface area contributed by atoms with Crippen molar-refractivity contribution in [2.24, 2.45) is 0 Å². The molecule has 0 amide bonds. The van der Waals surface area contributed by atoms with Crippen LogP contribution in [0.2, 0.25) is 0 Å². The van der Waals surface area contributed by atoms with Crippen molar-refractivity contribution < 1.29 is 14.8 Å². The molecule has 0 aromatic heterocycles. The van der Waals surface area contributed by atoms with Gasteiger partial charge >= 0.3 is 5.69 Å². The van der Waals surface area contributed by atoms with Crippen LogP contribution in [0.25, 0.3) is 0 Å². The molecule has 0 spiro atoms. The molecule has 0 radical (unpaired) electrons. The topological polar surface area (TPSA) is 72.6 Å². The lowest BCUT2D eigenvalue weighted by molar-refractivity contribution is -0.385. The predicted octanol–water partition coefficient (Wildman–Crippen LogP) is 2.66. The minimum atomic E-state index is -0.502. The zero-order valence-corrected chi connectivity index (χ0v) is 10.2. The number of nitro groups is 1. The Bertz CT molecular complexity index is 397. The Hall–Kier alpha value is -1.33. The normalized spacial score (nSPS) is 12.2. The second kappa shape index (κ2) is 6.42. The van der Waals surface area contributed by atoms with E-state index in [0.29, 0.717) is 18.4 Å². The Morgan fingerprint density at radius 2 is 2.29 bits per heavy atom. The molecule has 17 heavy (non-hydrogen) atoms. The Labute approximate surface area is 104 Å². The van der Waals surface area contributed by atoms with Crippen LogP contribution in [0.15, 0.2) is 18.2 Å². The lowest BCUT2D eigenvalue weighted by Crippen LogP contribution is -1.98. The van der Waals surface area contributed by atoms with Crippen LogP contribution in [0.4, 0.5) is 5.69 Å². The molecular weight excluding hydrogens is 246 g/mol. The summed E-state index contributed by atoms with van der Waals surface area (Å²) in [6.45, 7) is 0.0570. The number of halogens is 1. The molecule has 0 aliphatic rings. The molecule has 0 saturated heterocycles. The highest BCUT2D eigenvalue weighted by Crippen LogP contribution is 2.33. The zero-order chi connectivity index (χ0) is 12.8. The molecule has 0 aliphatic carbocycles. The van der Waals surface area contributed by atoms with Crippen molar-refractivity contribution in [1.29, 1.82) is 0 Å². The van der Waals surface area contributed by atoms with Crippen LogP contribution >= 0.6 is 11.6 Å². The number of ether oxygens (including phenoxy) is 1. The van der Waals surface area contributed by atoms with Gasteiger partial charge in [0.15, 0.2) is 5.75 Å². The van der Waals surface area contributed by atoms with Crippen molar-refractivity contribution in [3.8, 4) is 5.75 Å². The van der Waals surface area contributed by atoms with Gasteiger partial charge in [0.05, 0.1) is 17.4 Å². The number of aliphatic hydroxyl groups is 1. The summed E-state index contributed by atoms with van der Waals surface area (Å²) in [6, 6.07) is 4.64. The standard InChI is InChI=1S/C11H14ClNO4/c1-17-11-5-4-8(7-10(11)13(15)16)9(12)3-2-6-14/h4-5,7,9,14H,2-3,6H2,1H3. The first kappa shape index (κ1) is 13.7. The maximum atomic E-state index is 10.8. The van der Waals surface area contributed by atoms with Crippen molar-refractivity contribution in [1.82, 2.24) is 0 Å². The molecule has 0 saturated carbocycles. The van der Waals surface area contributed by atoms with Crippen molar-refractivity contribution in [3.05, 3.63) is 33.9 Å². The van der Waals surface area contributed by atoms with Crippen molar-refractivity contribution in [3.63, 3.8) is 0 Å². The molecule has 1 aromatic carbocycles. The number of benzene rings is 1. The molecule has 0 aliphatic heterocycles. The number of methoxy groups -OCH3 is 1. The molecule has 1 atom stereocenters. The van der Waals surface area contributed by atoms with E-state index in [1.807, 2.05) is 0 Å². The molecule has 6 heteroatoms. The molecule has 1 unspecified atom stereocenters. The number of aliphatic hydroxyl groups excluding tert-OH is 1. The summed E-state index contributed by atoms with van der Waals surface area (Å²) in [5.74, 6) is 0.213. The van der Waals surface area contributed by atoms with E-state index in [-0.39, 0.29) is 23.4 Å². The van der Waals surface area contributed by atoms with Crippen LogP contribution in [0, 0.1) is 10.1 Å². The molecule has 0 fully saturated rings. The third kappa shape index (κ3) is 3.57. The van der Waals surface area contributed by atoms with Gasteiger partial charge in [-0.2, -0.15) is 0 Å². The number of hydrogen-bond donors (Lipinski definition) is 1. The third-order valence-corrected chi connectivity index (χ3v) is 2.85. The van der Waals surface area contributed by atoms with Gasteiger partial charge in [0.25, 0.3) is 0 Å². The average molecular weight is 260 g/mol. The largest absolute Gasteiger partial charge is 0.490 e. The maximum absolute atomic E-state index is 10.8. The lowest BCUT2D eigenvalue weighted by atomic mass is 10.1. The highest BCUT2D eigenvalue weighted by Gasteiger charge is 2.18. The smallest absolute Gasteiger partial charge is 0.311 e. The van der Waals surface area contributed by atoms with Gasteiger partial charge in [-0.15, -0.1) is 11.6 Å². The van der Waals surface area contributed by atoms with Gasteiger partial charge in [0, 0.05) is 12.7 Å². The summed E-state index contributed by atoms with van der Waals surface area (Å²) >= 11 is 6.08. The van der Waals surface area contributed by atoms with Crippen LogP contribution in [-0.2, 0) is 0 Å². The van der Waals surface area contributed by atoms with Crippen molar-refractivity contribution >= 4 is 17.3 Å². The number of nitrogens with zero attached hydrogens (tertiary/aromatic N) is 1. The fraction of sp³-hybridized carbons (Fsp3) is 0.455. The lowest BCUT2D eigenvalue weighted by Gasteiger charge is -2.10. The fourth-order valence-electron chi connectivity index (χ4n) is 1.48. The number of nitro benzene ring substituents is 1. The highest BCUT2D eigenvalue weighted by molar-refractivity contribution is 6.20. The number of rotatable bonds is 6. The molecule has 5 nitrogen and oxygen atoms in total. The predicted molar refractivity (Wildman–Crippen MR) is 64.6 cm³/mol. The van der Waals surface area contributed by atoms with Gasteiger partial charge in [0.2, 0.25) is 0 Å². The Morgan fingerprint density at radius 1 is 1.59 bits per heavy atom. The molecule has 94 valence electrons. The molecular formula is C11H14ClNO4. The molecule has 0 heterocycles. The van der Waals surface area contributed by atoms with Gasteiger partial charge in [-0.25, -0.2) is 0 Å². The minimum Gasteiger partial charge on any atom is -0.490 e. The number of alkyl halides is 1. The van der Waals surface area contributed by atoms with Crippen LogP contribution in [0.3, 0.4) is 0 Å². The first-order chi connectivity index (χ1) is 8.10. The first-order valence-electron chi connectivity index (χ1n) is 5.17. The van der Waals surface area contributed by atoms with Gasteiger partial charge in [-0.05, 0) is 24.5 Å². The summed E-state index contributed by atoms with van der Waals surface area (Å²) in [5, 5.41) is 19.2. The minimum absolute atomic E-state index is 0.0570. The summed E-state index contributed by atoms with van der Waals surface area (Å²) in [4.78, 5) is 10.3. The Balaban J connectivity index is 2.95. The van der Waals surface area contributed by atoms with Crippen LogP contribution < -0.4 is 4.74 Å². The summed E-state index contributed by atoms with van der Waals surface area (Å²) in [7, 11) is 1.38. The second-order valence-electron chi connectivity index (χ2n) is 3.52. The SMILES string of the molecule is COc1ccc(C(Cl)CCCO)cc1[N+](=O)[O-].